The maximum absolute atomic E-state index is 12.2. The molecule has 0 aliphatic carbocycles. The molecule has 2 aliphatic heterocycles. The van der Waals surface area contributed by atoms with E-state index in [-0.39, 0.29) is 11.9 Å². The molecule has 24 heavy (non-hydrogen) atoms. The van der Waals surface area contributed by atoms with Crippen molar-refractivity contribution in [3.63, 3.8) is 0 Å². The Hall–Kier alpha value is -2.34. The van der Waals surface area contributed by atoms with Gasteiger partial charge in [0.15, 0.2) is 0 Å². The van der Waals surface area contributed by atoms with Gasteiger partial charge in [0, 0.05) is 30.6 Å². The minimum absolute atomic E-state index is 0.202. The van der Waals surface area contributed by atoms with Crippen LogP contribution < -0.4 is 10.2 Å². The van der Waals surface area contributed by atoms with Crippen LogP contribution in [0.3, 0.4) is 0 Å². The Morgan fingerprint density at radius 1 is 1.08 bits per heavy atom. The van der Waals surface area contributed by atoms with Crippen LogP contribution >= 0.6 is 0 Å². The molecule has 0 saturated carbocycles. The number of carbonyl (C=O) groups is 2. The summed E-state index contributed by atoms with van der Waals surface area (Å²) >= 11 is 0. The number of likely N-dealkylation sites (tertiary alicyclic amines) is 1. The second-order valence-electron chi connectivity index (χ2n) is 6.72. The third kappa shape index (κ3) is 2.57. The van der Waals surface area contributed by atoms with Crippen LogP contribution in [0.25, 0.3) is 10.9 Å². The zero-order valence-electron chi connectivity index (χ0n) is 13.9. The fourth-order valence-electron chi connectivity index (χ4n) is 3.79. The van der Waals surface area contributed by atoms with Gasteiger partial charge in [-0.25, -0.2) is 4.79 Å². The molecule has 2 aromatic rings. The van der Waals surface area contributed by atoms with Crippen molar-refractivity contribution in [2.45, 2.75) is 25.3 Å². The molecule has 1 aromatic heterocycles. The van der Waals surface area contributed by atoms with Crippen molar-refractivity contribution in [3.05, 3.63) is 30.5 Å². The summed E-state index contributed by atoms with van der Waals surface area (Å²) in [5, 5.41) is 3.47. The smallest absolute Gasteiger partial charge is 0.328 e. The van der Waals surface area contributed by atoms with Crippen LogP contribution in [0.2, 0.25) is 0 Å². The number of imide groups is 1. The van der Waals surface area contributed by atoms with Crippen LogP contribution in [0.4, 0.5) is 10.5 Å². The molecule has 0 bridgehead atoms. The predicted molar refractivity (Wildman–Crippen MR) is 93.2 cm³/mol. The number of urea groups is 1. The Balaban J connectivity index is 1.69. The summed E-state index contributed by atoms with van der Waals surface area (Å²) in [6.07, 6.45) is 4.77. The highest BCUT2D eigenvalue weighted by Crippen LogP contribution is 2.33. The molecule has 2 fully saturated rings. The SMILES string of the molecule is CN1CCC(n2ccc3c(N4CCC(=O)NC4=O)cccc32)CC1. The lowest BCUT2D eigenvalue weighted by Crippen LogP contribution is -2.49. The van der Waals surface area contributed by atoms with Crippen molar-refractivity contribution in [2.24, 2.45) is 0 Å². The van der Waals surface area contributed by atoms with E-state index >= 15 is 0 Å². The lowest BCUT2D eigenvalue weighted by molar-refractivity contribution is -0.120. The first kappa shape index (κ1) is 15.2. The van der Waals surface area contributed by atoms with Gasteiger partial charge in [-0.2, -0.15) is 0 Å². The molecule has 3 heterocycles. The maximum Gasteiger partial charge on any atom is 0.328 e. The van der Waals surface area contributed by atoms with Gasteiger partial charge in [0.05, 0.1) is 11.2 Å². The molecular weight excluding hydrogens is 304 g/mol. The summed E-state index contributed by atoms with van der Waals surface area (Å²) in [4.78, 5) is 27.6. The van der Waals surface area contributed by atoms with E-state index < -0.39 is 0 Å². The minimum atomic E-state index is -0.328. The molecule has 0 unspecified atom stereocenters. The van der Waals surface area contributed by atoms with Gasteiger partial charge in [0.2, 0.25) is 5.91 Å². The largest absolute Gasteiger partial charge is 0.344 e. The number of anilines is 1. The highest BCUT2D eigenvalue weighted by molar-refractivity contribution is 6.09. The number of carbonyl (C=O) groups excluding carboxylic acids is 2. The average Bonchev–Trinajstić information content (AvgIpc) is 3.00. The van der Waals surface area contributed by atoms with Gasteiger partial charge < -0.3 is 9.47 Å². The number of piperidine rings is 1. The van der Waals surface area contributed by atoms with E-state index in [1.54, 1.807) is 4.90 Å². The number of nitrogens with one attached hydrogen (secondary N) is 1. The van der Waals surface area contributed by atoms with E-state index in [0.717, 1.165) is 42.5 Å². The first-order valence-corrected chi connectivity index (χ1v) is 8.53. The molecule has 6 nitrogen and oxygen atoms in total. The summed E-state index contributed by atoms with van der Waals surface area (Å²) in [5.74, 6) is -0.202. The third-order valence-corrected chi connectivity index (χ3v) is 5.17. The summed E-state index contributed by atoms with van der Waals surface area (Å²) in [5.41, 5.74) is 2.04. The zero-order valence-corrected chi connectivity index (χ0v) is 13.9. The average molecular weight is 326 g/mol. The van der Waals surface area contributed by atoms with Gasteiger partial charge in [-0.15, -0.1) is 0 Å². The third-order valence-electron chi connectivity index (χ3n) is 5.17. The Morgan fingerprint density at radius 2 is 1.88 bits per heavy atom. The molecular formula is C18H22N4O2. The van der Waals surface area contributed by atoms with Crippen molar-refractivity contribution in [3.8, 4) is 0 Å². The standard InChI is InChI=1S/C18H22N4O2/c1-20-9-5-13(6-10-20)21-11-7-14-15(21)3-2-4-16(14)22-12-8-17(23)19-18(22)24/h2-4,7,11,13H,5-6,8-10,12H2,1H3,(H,19,23,24). The Bertz CT molecular complexity index is 789. The van der Waals surface area contributed by atoms with Gasteiger partial charge in [-0.3, -0.25) is 15.0 Å². The number of aromatic nitrogens is 1. The highest BCUT2D eigenvalue weighted by atomic mass is 16.2. The van der Waals surface area contributed by atoms with E-state index in [4.69, 9.17) is 0 Å². The number of amides is 3. The molecule has 2 saturated heterocycles. The van der Waals surface area contributed by atoms with Crippen LogP contribution in [0.5, 0.6) is 0 Å². The zero-order chi connectivity index (χ0) is 16.7. The van der Waals surface area contributed by atoms with Gasteiger partial charge >= 0.3 is 6.03 Å². The monoisotopic (exact) mass is 326 g/mol. The first-order valence-electron chi connectivity index (χ1n) is 8.53. The fourth-order valence-corrected chi connectivity index (χ4v) is 3.79. The van der Waals surface area contributed by atoms with Crippen molar-refractivity contribution < 1.29 is 9.59 Å². The molecule has 0 spiro atoms. The Kier molecular flexibility index (Phi) is 3.76. The molecule has 2 aliphatic rings. The Labute approximate surface area is 141 Å². The molecule has 1 aromatic carbocycles. The number of hydrogen-bond acceptors (Lipinski definition) is 3. The van der Waals surface area contributed by atoms with Gasteiger partial charge in [-0.05, 0) is 51.2 Å². The fraction of sp³-hybridized carbons (Fsp3) is 0.444. The van der Waals surface area contributed by atoms with Crippen LogP contribution in [-0.4, -0.2) is 48.1 Å². The lowest BCUT2D eigenvalue weighted by atomic mass is 10.1. The van der Waals surface area contributed by atoms with Gasteiger partial charge in [-0.1, -0.05) is 6.07 Å². The van der Waals surface area contributed by atoms with Crippen LogP contribution in [0, 0.1) is 0 Å². The molecule has 1 N–H and O–H groups in total. The summed E-state index contributed by atoms with van der Waals surface area (Å²) in [6.45, 7) is 2.66. The summed E-state index contributed by atoms with van der Waals surface area (Å²) < 4.78 is 2.35. The van der Waals surface area contributed by atoms with Crippen LogP contribution in [-0.2, 0) is 4.79 Å². The quantitative estimate of drug-likeness (QED) is 0.922. The molecule has 3 amide bonds. The number of fused-ring (bicyclic) bond motifs is 1. The lowest BCUT2D eigenvalue weighted by Gasteiger charge is -2.31. The number of hydrogen-bond donors (Lipinski definition) is 1. The molecule has 4 rings (SSSR count). The predicted octanol–water partition coefficient (Wildman–Crippen LogP) is 2.35. The van der Waals surface area contributed by atoms with Crippen molar-refractivity contribution >= 4 is 28.5 Å². The normalized spacial score (nSPS) is 20.6. The molecule has 0 atom stereocenters. The van der Waals surface area contributed by atoms with Gasteiger partial charge in [0.1, 0.15) is 0 Å². The van der Waals surface area contributed by atoms with E-state index in [1.165, 1.54) is 0 Å². The van der Waals surface area contributed by atoms with E-state index in [2.05, 4.69) is 40.2 Å². The Morgan fingerprint density at radius 3 is 2.62 bits per heavy atom. The highest BCUT2D eigenvalue weighted by Gasteiger charge is 2.26. The molecule has 6 heteroatoms. The van der Waals surface area contributed by atoms with E-state index in [9.17, 15) is 9.59 Å². The van der Waals surface area contributed by atoms with Crippen molar-refractivity contribution in [2.75, 3.05) is 31.6 Å². The second-order valence-corrected chi connectivity index (χ2v) is 6.72. The minimum Gasteiger partial charge on any atom is -0.344 e. The molecule has 126 valence electrons. The number of benzene rings is 1. The molecule has 0 radical (unpaired) electrons. The summed E-state index contributed by atoms with van der Waals surface area (Å²) in [7, 11) is 2.17. The van der Waals surface area contributed by atoms with E-state index in [0.29, 0.717) is 19.0 Å². The van der Waals surface area contributed by atoms with Crippen LogP contribution in [0.1, 0.15) is 25.3 Å². The van der Waals surface area contributed by atoms with Crippen LogP contribution in [0.15, 0.2) is 30.5 Å². The van der Waals surface area contributed by atoms with Gasteiger partial charge in [0.25, 0.3) is 0 Å². The first-order chi connectivity index (χ1) is 11.6. The second kappa shape index (κ2) is 5.94. The topological polar surface area (TPSA) is 57.6 Å². The summed E-state index contributed by atoms with van der Waals surface area (Å²) in [6, 6.07) is 8.33. The van der Waals surface area contributed by atoms with Crippen molar-refractivity contribution in [1.82, 2.24) is 14.8 Å². The van der Waals surface area contributed by atoms with E-state index in [1.807, 2.05) is 12.1 Å². The maximum atomic E-state index is 12.2. The number of rotatable bonds is 2. The van der Waals surface area contributed by atoms with Crippen molar-refractivity contribution in [1.29, 1.82) is 0 Å². The number of nitrogens with zero attached hydrogens (tertiary/aromatic N) is 3.